The van der Waals surface area contributed by atoms with Crippen LogP contribution in [0.15, 0.2) is 30.3 Å². The summed E-state index contributed by atoms with van der Waals surface area (Å²) >= 11 is 0. The number of hydrogen-bond acceptors (Lipinski definition) is 4. The number of carbonyl (C=O) groups is 2. The van der Waals surface area contributed by atoms with E-state index in [4.69, 9.17) is 5.73 Å². The van der Waals surface area contributed by atoms with Gasteiger partial charge in [-0.3, -0.25) is 14.4 Å². The molecular weight excluding hydrogens is 258 g/mol. The van der Waals surface area contributed by atoms with E-state index in [1.807, 2.05) is 30.3 Å². The Hall–Kier alpha value is -2.21. The van der Waals surface area contributed by atoms with Gasteiger partial charge in [0.1, 0.15) is 6.04 Å². The van der Waals surface area contributed by atoms with Gasteiger partial charge in [0.2, 0.25) is 18.1 Å². The molecule has 0 fully saturated rings. The molecule has 0 bridgehead atoms. The second kappa shape index (κ2) is 8.06. The quantitative estimate of drug-likeness (QED) is 0.684. The van der Waals surface area contributed by atoms with Gasteiger partial charge in [0.05, 0.1) is 13.1 Å². The maximum atomic E-state index is 12.0. The first-order valence-electron chi connectivity index (χ1n) is 6.22. The van der Waals surface area contributed by atoms with Crippen LogP contribution in [0.5, 0.6) is 0 Å². The van der Waals surface area contributed by atoms with Crippen molar-refractivity contribution in [1.82, 2.24) is 10.2 Å². The predicted molar refractivity (Wildman–Crippen MR) is 74.5 cm³/mol. The summed E-state index contributed by atoms with van der Waals surface area (Å²) < 4.78 is 0. The summed E-state index contributed by atoms with van der Waals surface area (Å²) in [5, 5.41) is 2.42. The van der Waals surface area contributed by atoms with Gasteiger partial charge in [0.15, 0.2) is 0 Å². The van der Waals surface area contributed by atoms with Crippen LogP contribution in [-0.2, 0) is 20.8 Å². The van der Waals surface area contributed by atoms with Crippen molar-refractivity contribution in [2.45, 2.75) is 12.5 Å². The highest BCUT2D eigenvalue weighted by atomic mass is 16.2. The molecule has 0 aliphatic rings. The summed E-state index contributed by atoms with van der Waals surface area (Å²) in [5.41, 5.74) is 6.24. The highest BCUT2D eigenvalue weighted by Crippen LogP contribution is 2.08. The molecule has 6 heteroatoms. The van der Waals surface area contributed by atoms with Gasteiger partial charge < -0.3 is 16.0 Å². The van der Waals surface area contributed by atoms with Crippen molar-refractivity contribution in [3.05, 3.63) is 35.9 Å². The van der Waals surface area contributed by atoms with Crippen molar-refractivity contribution in [3.63, 3.8) is 0 Å². The minimum absolute atomic E-state index is 0.172. The number of hydrogen-bond donors (Lipinski definition) is 2. The largest absolute Gasteiger partial charge is 0.347 e. The van der Waals surface area contributed by atoms with E-state index < -0.39 is 11.9 Å². The molecule has 0 heterocycles. The van der Waals surface area contributed by atoms with Crippen molar-refractivity contribution in [2.24, 2.45) is 5.73 Å². The third kappa shape index (κ3) is 4.47. The summed E-state index contributed by atoms with van der Waals surface area (Å²) in [7, 11) is 1.52. The zero-order valence-corrected chi connectivity index (χ0v) is 11.3. The van der Waals surface area contributed by atoms with Crippen LogP contribution in [0.1, 0.15) is 5.56 Å². The molecule has 20 heavy (non-hydrogen) atoms. The Morgan fingerprint density at radius 1 is 1.35 bits per heavy atom. The van der Waals surface area contributed by atoms with E-state index in [0.29, 0.717) is 6.42 Å². The van der Waals surface area contributed by atoms with Crippen molar-refractivity contribution in [2.75, 3.05) is 20.1 Å². The van der Waals surface area contributed by atoms with Gasteiger partial charge in [-0.25, -0.2) is 0 Å². The molecule has 0 aliphatic carbocycles. The van der Waals surface area contributed by atoms with Crippen molar-refractivity contribution in [3.8, 4) is 0 Å². The molecule has 0 aromatic heterocycles. The molecule has 0 saturated heterocycles. The number of benzene rings is 1. The van der Waals surface area contributed by atoms with Crippen molar-refractivity contribution < 1.29 is 14.4 Å². The summed E-state index contributed by atoms with van der Waals surface area (Å²) in [5.74, 6) is -0.738. The molecular formula is C14H18N3O3. The molecule has 2 amide bonds. The van der Waals surface area contributed by atoms with Crippen LogP contribution in [0.2, 0.25) is 0 Å². The number of nitrogens with zero attached hydrogens (tertiary/aromatic N) is 1. The average molecular weight is 276 g/mol. The van der Waals surface area contributed by atoms with Gasteiger partial charge >= 0.3 is 0 Å². The molecule has 6 nitrogen and oxygen atoms in total. The summed E-state index contributed by atoms with van der Waals surface area (Å²) in [4.78, 5) is 35.2. The number of amides is 2. The summed E-state index contributed by atoms with van der Waals surface area (Å²) in [6.45, 7) is -0.371. The molecule has 1 aromatic carbocycles. The van der Waals surface area contributed by atoms with Gasteiger partial charge in [-0.1, -0.05) is 30.3 Å². The standard InChI is InChI=1S/C14H18N3O3/c1-17(13(19)10-15)12(14(20)16-7-8-18)9-11-5-3-2-4-6-11/h2-6,12H,7,9-10,15H2,1H3,(H,16,20)/t12-/m0/s1. The van der Waals surface area contributed by atoms with Crippen LogP contribution in [0.4, 0.5) is 0 Å². The van der Waals surface area contributed by atoms with Crippen LogP contribution in [0, 0.1) is 0 Å². The Kier molecular flexibility index (Phi) is 6.39. The average Bonchev–Trinajstić information content (AvgIpc) is 2.49. The lowest BCUT2D eigenvalue weighted by Gasteiger charge is -2.26. The van der Waals surface area contributed by atoms with Crippen LogP contribution in [-0.4, -0.2) is 49.2 Å². The maximum absolute atomic E-state index is 12.0. The molecule has 3 N–H and O–H groups in total. The van der Waals surface area contributed by atoms with Crippen LogP contribution >= 0.6 is 0 Å². The lowest BCUT2D eigenvalue weighted by atomic mass is 10.0. The van der Waals surface area contributed by atoms with E-state index in [0.717, 1.165) is 5.56 Å². The first-order valence-corrected chi connectivity index (χ1v) is 6.22. The minimum Gasteiger partial charge on any atom is -0.347 e. The van der Waals surface area contributed by atoms with Gasteiger partial charge in [0.25, 0.3) is 0 Å². The molecule has 0 aliphatic heterocycles. The molecule has 107 valence electrons. The SMILES string of the molecule is CN(C(=O)CN)[C@@H](Cc1ccccc1)C(=O)NC[C]=O. The fourth-order valence-electron chi connectivity index (χ4n) is 1.80. The summed E-state index contributed by atoms with van der Waals surface area (Å²) in [6.07, 6.45) is 1.94. The fraction of sp³-hybridized carbons (Fsp3) is 0.357. The normalized spacial score (nSPS) is 11.5. The lowest BCUT2D eigenvalue weighted by molar-refractivity contribution is -0.137. The highest BCUT2D eigenvalue weighted by Gasteiger charge is 2.26. The van der Waals surface area contributed by atoms with Gasteiger partial charge in [-0.05, 0) is 5.56 Å². The third-order valence-electron chi connectivity index (χ3n) is 2.94. The van der Waals surface area contributed by atoms with E-state index in [1.165, 1.54) is 11.9 Å². The molecule has 1 aromatic rings. The minimum atomic E-state index is -0.707. The first kappa shape index (κ1) is 15.8. The molecule has 1 rings (SSSR count). The third-order valence-corrected chi connectivity index (χ3v) is 2.94. The van der Waals surface area contributed by atoms with E-state index in [-0.39, 0.29) is 19.0 Å². The zero-order valence-electron chi connectivity index (χ0n) is 11.3. The Bertz CT molecular complexity index is 462. The van der Waals surface area contributed by atoms with Crippen LogP contribution in [0.25, 0.3) is 0 Å². The number of likely N-dealkylation sites (N-methyl/N-ethyl adjacent to an activating group) is 1. The Balaban J connectivity index is 2.86. The van der Waals surface area contributed by atoms with Gasteiger partial charge in [-0.2, -0.15) is 0 Å². The molecule has 0 unspecified atom stereocenters. The van der Waals surface area contributed by atoms with E-state index in [1.54, 1.807) is 6.29 Å². The number of nitrogens with two attached hydrogens (primary N) is 1. The number of nitrogens with one attached hydrogen (secondary N) is 1. The maximum Gasteiger partial charge on any atom is 0.243 e. The van der Waals surface area contributed by atoms with Crippen molar-refractivity contribution in [1.29, 1.82) is 0 Å². The zero-order chi connectivity index (χ0) is 15.0. The second-order valence-electron chi connectivity index (χ2n) is 4.28. The monoisotopic (exact) mass is 276 g/mol. The Morgan fingerprint density at radius 3 is 2.55 bits per heavy atom. The second-order valence-corrected chi connectivity index (χ2v) is 4.28. The predicted octanol–water partition coefficient (Wildman–Crippen LogP) is -0.759. The van der Waals surface area contributed by atoms with Gasteiger partial charge in [-0.15, -0.1) is 0 Å². The summed E-state index contributed by atoms with van der Waals surface area (Å²) in [6, 6.07) is 8.61. The molecule has 0 saturated carbocycles. The lowest BCUT2D eigenvalue weighted by Crippen LogP contribution is -2.50. The Labute approximate surface area is 117 Å². The number of carbonyl (C=O) groups excluding carboxylic acids is 3. The number of rotatable bonds is 7. The van der Waals surface area contributed by atoms with E-state index in [2.05, 4.69) is 5.32 Å². The van der Waals surface area contributed by atoms with E-state index >= 15 is 0 Å². The molecule has 1 atom stereocenters. The topological polar surface area (TPSA) is 92.5 Å². The molecule has 0 spiro atoms. The van der Waals surface area contributed by atoms with Crippen LogP contribution in [0.3, 0.4) is 0 Å². The fourth-order valence-corrected chi connectivity index (χ4v) is 1.80. The van der Waals surface area contributed by atoms with Crippen molar-refractivity contribution >= 4 is 18.1 Å². The first-order chi connectivity index (χ1) is 9.60. The van der Waals surface area contributed by atoms with Crippen LogP contribution < -0.4 is 11.1 Å². The smallest absolute Gasteiger partial charge is 0.243 e. The van der Waals surface area contributed by atoms with E-state index in [9.17, 15) is 14.4 Å². The Morgan fingerprint density at radius 2 is 2.00 bits per heavy atom. The highest BCUT2D eigenvalue weighted by molar-refractivity contribution is 5.89. The molecule has 1 radical (unpaired) electrons. The van der Waals surface area contributed by atoms with Gasteiger partial charge in [0, 0.05) is 13.5 Å².